The lowest BCUT2D eigenvalue weighted by Gasteiger charge is -2.29. The summed E-state index contributed by atoms with van der Waals surface area (Å²) in [6.45, 7) is 1.80. The Morgan fingerprint density at radius 2 is 1.74 bits per heavy atom. The summed E-state index contributed by atoms with van der Waals surface area (Å²) in [5.74, 6) is 1.52. The largest absolute Gasteiger partial charge is 0.493 e. The SMILES string of the molecule is COc1ccc(C2C(C(=O)Nc3ccccc3)=C(C)Nc3nc(-c4ccc([N+](=O)[O-])cc4)nn32)cc1OC. The number of nitrogens with zero attached hydrogens (tertiary/aromatic N) is 4. The van der Waals surface area contributed by atoms with Gasteiger partial charge in [-0.3, -0.25) is 14.9 Å². The number of nitro groups is 1. The highest BCUT2D eigenvalue weighted by Gasteiger charge is 2.35. The van der Waals surface area contributed by atoms with Gasteiger partial charge in [-0.05, 0) is 48.9 Å². The molecule has 1 aromatic heterocycles. The molecule has 0 radical (unpaired) electrons. The molecule has 0 spiro atoms. The molecule has 1 unspecified atom stereocenters. The van der Waals surface area contributed by atoms with Crippen LogP contribution in [0, 0.1) is 10.1 Å². The van der Waals surface area contributed by atoms with E-state index in [9.17, 15) is 14.9 Å². The summed E-state index contributed by atoms with van der Waals surface area (Å²) < 4.78 is 12.6. The lowest BCUT2D eigenvalue weighted by molar-refractivity contribution is -0.384. The number of methoxy groups -OCH3 is 2. The van der Waals surface area contributed by atoms with Gasteiger partial charge >= 0.3 is 0 Å². The standard InChI is InChI=1S/C27H24N6O5/c1-16-23(26(34)29-19-7-5-4-6-8-19)24(18-11-14-21(37-2)22(15-18)38-3)32-27(28-16)30-25(31-32)17-9-12-20(13-10-17)33(35)36/h4-15,24H,1-3H3,(H,29,34)(H,28,30,31). The number of ether oxygens (including phenoxy) is 2. The molecule has 0 aliphatic carbocycles. The fourth-order valence-electron chi connectivity index (χ4n) is 4.35. The number of benzene rings is 3. The molecule has 11 heteroatoms. The van der Waals surface area contributed by atoms with E-state index in [2.05, 4.69) is 15.6 Å². The number of non-ortho nitro benzene ring substituents is 1. The van der Waals surface area contributed by atoms with E-state index in [1.807, 2.05) is 36.4 Å². The average Bonchev–Trinajstić information content (AvgIpc) is 3.36. The number of carbonyl (C=O) groups excluding carboxylic acids is 1. The Hall–Kier alpha value is -5.19. The molecule has 1 aliphatic heterocycles. The Morgan fingerprint density at radius 3 is 2.39 bits per heavy atom. The predicted molar refractivity (Wildman–Crippen MR) is 141 cm³/mol. The van der Waals surface area contributed by atoms with Crippen LogP contribution in [-0.2, 0) is 4.79 Å². The van der Waals surface area contributed by atoms with Crippen molar-refractivity contribution in [1.82, 2.24) is 14.8 Å². The van der Waals surface area contributed by atoms with Crippen LogP contribution in [0.1, 0.15) is 18.5 Å². The minimum atomic E-state index is -0.658. The quantitative estimate of drug-likeness (QED) is 0.267. The molecule has 2 heterocycles. The van der Waals surface area contributed by atoms with Gasteiger partial charge < -0.3 is 20.1 Å². The molecule has 2 N–H and O–H groups in total. The molecule has 0 fully saturated rings. The number of anilines is 2. The number of nitrogens with one attached hydrogen (secondary N) is 2. The Bertz CT molecular complexity index is 1550. The molecule has 0 saturated heterocycles. The number of amides is 1. The summed E-state index contributed by atoms with van der Waals surface area (Å²) in [6, 6.07) is 19.9. The zero-order chi connectivity index (χ0) is 26.8. The second kappa shape index (κ2) is 10.1. The number of hydrogen-bond donors (Lipinski definition) is 2. The van der Waals surface area contributed by atoms with Crippen molar-refractivity contribution in [2.75, 3.05) is 24.9 Å². The Morgan fingerprint density at radius 1 is 1.03 bits per heavy atom. The molecule has 5 rings (SSSR count). The molecule has 1 amide bonds. The van der Waals surface area contributed by atoms with Gasteiger partial charge in [0.2, 0.25) is 5.95 Å². The van der Waals surface area contributed by atoms with Crippen LogP contribution in [0.2, 0.25) is 0 Å². The van der Waals surface area contributed by atoms with E-state index in [1.165, 1.54) is 12.1 Å². The van der Waals surface area contributed by atoms with Crippen molar-refractivity contribution in [2.45, 2.75) is 13.0 Å². The first-order valence-electron chi connectivity index (χ1n) is 11.7. The molecule has 1 aliphatic rings. The highest BCUT2D eigenvalue weighted by atomic mass is 16.6. The summed E-state index contributed by atoms with van der Waals surface area (Å²) in [7, 11) is 3.10. The molecule has 38 heavy (non-hydrogen) atoms. The molecule has 11 nitrogen and oxygen atoms in total. The lowest BCUT2D eigenvalue weighted by Crippen LogP contribution is -2.31. The third-order valence-corrected chi connectivity index (χ3v) is 6.19. The van der Waals surface area contributed by atoms with Crippen molar-refractivity contribution in [1.29, 1.82) is 0 Å². The van der Waals surface area contributed by atoms with Gasteiger partial charge in [-0.25, -0.2) is 4.68 Å². The van der Waals surface area contributed by atoms with E-state index in [0.717, 1.165) is 5.56 Å². The molecule has 0 bridgehead atoms. The maximum absolute atomic E-state index is 13.6. The second-order valence-corrected chi connectivity index (χ2v) is 8.51. The van der Waals surface area contributed by atoms with E-state index >= 15 is 0 Å². The summed E-state index contributed by atoms with van der Waals surface area (Å²) in [4.78, 5) is 28.9. The summed E-state index contributed by atoms with van der Waals surface area (Å²) in [5, 5.41) is 21.9. The van der Waals surface area contributed by atoms with Crippen LogP contribution in [0.5, 0.6) is 11.5 Å². The van der Waals surface area contributed by atoms with Crippen molar-refractivity contribution in [3.05, 3.63) is 99.7 Å². The first-order valence-corrected chi connectivity index (χ1v) is 11.7. The molecule has 0 saturated carbocycles. The molecule has 3 aromatic carbocycles. The van der Waals surface area contributed by atoms with Crippen LogP contribution in [0.4, 0.5) is 17.3 Å². The second-order valence-electron chi connectivity index (χ2n) is 8.51. The number of fused-ring (bicyclic) bond motifs is 1. The van der Waals surface area contributed by atoms with Gasteiger partial charge in [0.15, 0.2) is 17.3 Å². The number of nitro benzene ring substituents is 1. The maximum atomic E-state index is 13.6. The summed E-state index contributed by atoms with van der Waals surface area (Å²) >= 11 is 0. The monoisotopic (exact) mass is 512 g/mol. The van der Waals surface area contributed by atoms with Crippen molar-refractivity contribution < 1.29 is 19.2 Å². The Kier molecular flexibility index (Phi) is 6.48. The van der Waals surface area contributed by atoms with Crippen LogP contribution in [-0.4, -0.2) is 39.8 Å². The minimum absolute atomic E-state index is 0.0311. The van der Waals surface area contributed by atoms with Gasteiger partial charge in [0.1, 0.15) is 6.04 Å². The molecule has 1 atom stereocenters. The molecule has 4 aromatic rings. The lowest BCUT2D eigenvalue weighted by atomic mass is 9.94. The van der Waals surface area contributed by atoms with Crippen molar-refractivity contribution >= 4 is 23.2 Å². The predicted octanol–water partition coefficient (Wildman–Crippen LogP) is 4.80. The van der Waals surface area contributed by atoms with Gasteiger partial charge in [0, 0.05) is 29.1 Å². The van der Waals surface area contributed by atoms with Crippen LogP contribution in [0.25, 0.3) is 11.4 Å². The van der Waals surface area contributed by atoms with Gasteiger partial charge in [-0.1, -0.05) is 24.3 Å². The number of para-hydroxylation sites is 1. The van der Waals surface area contributed by atoms with E-state index in [-0.39, 0.29) is 11.6 Å². The van der Waals surface area contributed by atoms with Gasteiger partial charge in [0.05, 0.1) is 24.7 Å². The number of rotatable bonds is 7. The summed E-state index contributed by atoms with van der Waals surface area (Å²) in [5.41, 5.74) is 2.99. The smallest absolute Gasteiger partial charge is 0.269 e. The molecular formula is C27H24N6O5. The Labute approximate surface area is 217 Å². The van der Waals surface area contributed by atoms with Gasteiger partial charge in [0.25, 0.3) is 11.6 Å². The van der Waals surface area contributed by atoms with E-state index in [4.69, 9.17) is 14.6 Å². The normalized spacial score (nSPS) is 14.3. The first-order chi connectivity index (χ1) is 18.4. The number of hydrogen-bond acceptors (Lipinski definition) is 8. The van der Waals surface area contributed by atoms with Crippen molar-refractivity contribution in [3.8, 4) is 22.9 Å². The van der Waals surface area contributed by atoms with Crippen LogP contribution in [0.3, 0.4) is 0 Å². The number of carbonyl (C=O) groups is 1. The van der Waals surface area contributed by atoms with Gasteiger partial charge in [-0.15, -0.1) is 5.10 Å². The molecular weight excluding hydrogens is 488 g/mol. The minimum Gasteiger partial charge on any atom is -0.493 e. The Balaban J connectivity index is 1.61. The first kappa shape index (κ1) is 24.5. The van der Waals surface area contributed by atoms with Crippen LogP contribution in [0.15, 0.2) is 84.1 Å². The van der Waals surface area contributed by atoms with Crippen molar-refractivity contribution in [3.63, 3.8) is 0 Å². The highest BCUT2D eigenvalue weighted by molar-refractivity contribution is 6.06. The zero-order valence-electron chi connectivity index (χ0n) is 20.8. The number of allylic oxidation sites excluding steroid dienone is 1. The average molecular weight is 513 g/mol. The van der Waals surface area contributed by atoms with Crippen molar-refractivity contribution in [2.24, 2.45) is 0 Å². The van der Waals surface area contributed by atoms with Crippen LogP contribution >= 0.6 is 0 Å². The topological polar surface area (TPSA) is 133 Å². The van der Waals surface area contributed by atoms with Crippen LogP contribution < -0.4 is 20.1 Å². The van der Waals surface area contributed by atoms with E-state index in [1.54, 1.807) is 50.1 Å². The zero-order valence-corrected chi connectivity index (χ0v) is 20.8. The fourth-order valence-corrected chi connectivity index (χ4v) is 4.35. The third-order valence-electron chi connectivity index (χ3n) is 6.19. The number of aromatic nitrogens is 3. The maximum Gasteiger partial charge on any atom is 0.269 e. The third kappa shape index (κ3) is 4.52. The van der Waals surface area contributed by atoms with E-state index in [0.29, 0.717) is 45.8 Å². The summed E-state index contributed by atoms with van der Waals surface area (Å²) in [6.07, 6.45) is 0. The molecule has 192 valence electrons. The highest BCUT2D eigenvalue weighted by Crippen LogP contribution is 2.40. The van der Waals surface area contributed by atoms with Gasteiger partial charge in [-0.2, -0.15) is 4.98 Å². The van der Waals surface area contributed by atoms with E-state index < -0.39 is 11.0 Å². The fraction of sp³-hybridized carbons (Fsp3) is 0.148.